The lowest BCUT2D eigenvalue weighted by molar-refractivity contribution is -0.140. The molecule has 242 valence electrons. The zero-order chi connectivity index (χ0) is 32.6. The number of ether oxygens (including phenoxy) is 6. The number of nitrogens with one attached hydrogen (secondary N) is 3. The van der Waals surface area contributed by atoms with Crippen molar-refractivity contribution in [3.8, 4) is 0 Å². The molecule has 3 amide bonds. The van der Waals surface area contributed by atoms with Gasteiger partial charge in [-0.2, -0.15) is 0 Å². The molecule has 0 aromatic carbocycles. The van der Waals surface area contributed by atoms with Crippen molar-refractivity contribution in [3.05, 3.63) is 36.0 Å². The fourth-order valence-corrected chi connectivity index (χ4v) is 2.62. The number of hydrogen-bond acceptors (Lipinski definition) is 12. The molecular weight excluding hydrogens is 570 g/mol. The highest BCUT2D eigenvalue weighted by atomic mass is 16.6. The van der Waals surface area contributed by atoms with Crippen molar-refractivity contribution in [2.45, 2.75) is 59.6 Å². The fourth-order valence-electron chi connectivity index (χ4n) is 2.62. The van der Waals surface area contributed by atoms with Crippen molar-refractivity contribution in [3.63, 3.8) is 0 Å². The highest BCUT2D eigenvalue weighted by Gasteiger charge is 2.10. The maximum Gasteiger partial charge on any atom is 0.407 e. The summed E-state index contributed by atoms with van der Waals surface area (Å²) in [6, 6.07) is -0.0678. The molecule has 0 spiro atoms. The van der Waals surface area contributed by atoms with E-state index in [2.05, 4.69) is 22.5 Å². The van der Waals surface area contributed by atoms with Crippen molar-refractivity contribution in [1.29, 1.82) is 0 Å². The molecular formula is C28H43N3O12. The van der Waals surface area contributed by atoms with E-state index < -0.39 is 42.3 Å². The number of amides is 3. The summed E-state index contributed by atoms with van der Waals surface area (Å²) in [4.78, 5) is 69.6. The Morgan fingerprint density at radius 2 is 1.30 bits per heavy atom. The second-order valence-electron chi connectivity index (χ2n) is 9.17. The van der Waals surface area contributed by atoms with Crippen LogP contribution in [0.15, 0.2) is 36.0 Å². The average Bonchev–Trinajstić information content (AvgIpc) is 2.92. The number of esters is 3. The van der Waals surface area contributed by atoms with E-state index in [0.717, 1.165) is 0 Å². The van der Waals surface area contributed by atoms with Gasteiger partial charge in [0.2, 0.25) is 0 Å². The van der Waals surface area contributed by atoms with Crippen LogP contribution < -0.4 is 16.0 Å². The van der Waals surface area contributed by atoms with Crippen LogP contribution in [0.3, 0.4) is 0 Å². The summed E-state index contributed by atoms with van der Waals surface area (Å²) in [7, 11) is 0. The molecule has 0 bridgehead atoms. The summed E-state index contributed by atoms with van der Waals surface area (Å²) in [5.74, 6) is -1.79. The third kappa shape index (κ3) is 22.8. The van der Waals surface area contributed by atoms with Crippen LogP contribution in [0.25, 0.3) is 0 Å². The first-order valence-corrected chi connectivity index (χ1v) is 13.6. The molecule has 0 fully saturated rings. The van der Waals surface area contributed by atoms with Crippen molar-refractivity contribution < 1.29 is 57.2 Å². The molecule has 43 heavy (non-hydrogen) atoms. The van der Waals surface area contributed by atoms with Gasteiger partial charge >= 0.3 is 36.2 Å². The van der Waals surface area contributed by atoms with Crippen molar-refractivity contribution in [2.24, 2.45) is 0 Å². The van der Waals surface area contributed by atoms with Crippen molar-refractivity contribution in [2.75, 3.05) is 46.1 Å². The standard InChI is InChI=1S/C28H43N3O12/c1-19(2)24(33)39-16-13-30-27(36)43-22(6)10-7-11-23(32)38-15-12-29-26(35)41-14-8-9-21(5)25(34)40-17-18-42-28(37)31-20(3)4/h7,9,11,20,22H,1,8,10,12-18H2,2-6H3,(H,29,35)(H,30,36)(H,31,37)/b11-7+,21-9+. The van der Waals surface area contributed by atoms with Crippen molar-refractivity contribution >= 4 is 36.2 Å². The third-order valence-electron chi connectivity index (χ3n) is 4.68. The van der Waals surface area contributed by atoms with Gasteiger partial charge in [0.05, 0.1) is 19.7 Å². The Bertz CT molecular complexity index is 1010. The van der Waals surface area contributed by atoms with Crippen LogP contribution in [0.1, 0.15) is 47.5 Å². The monoisotopic (exact) mass is 613 g/mol. The van der Waals surface area contributed by atoms with E-state index in [1.807, 2.05) is 0 Å². The Balaban J connectivity index is 3.93. The lowest BCUT2D eigenvalue weighted by Crippen LogP contribution is -2.31. The van der Waals surface area contributed by atoms with E-state index in [1.165, 1.54) is 26.0 Å². The van der Waals surface area contributed by atoms with Gasteiger partial charge < -0.3 is 44.4 Å². The Hall–Kier alpha value is -4.56. The zero-order valence-electron chi connectivity index (χ0n) is 25.4. The molecule has 0 radical (unpaired) electrons. The minimum absolute atomic E-state index is 0.00178. The number of hydrogen-bond donors (Lipinski definition) is 3. The number of rotatable bonds is 19. The second kappa shape index (κ2) is 23.1. The third-order valence-corrected chi connectivity index (χ3v) is 4.68. The van der Waals surface area contributed by atoms with E-state index >= 15 is 0 Å². The van der Waals surface area contributed by atoms with Crippen molar-refractivity contribution in [1.82, 2.24) is 16.0 Å². The van der Waals surface area contributed by atoms with Crippen LogP contribution in [0.5, 0.6) is 0 Å². The first-order chi connectivity index (χ1) is 20.3. The van der Waals surface area contributed by atoms with E-state index in [1.54, 1.807) is 26.8 Å². The van der Waals surface area contributed by atoms with Crippen LogP contribution in [0, 0.1) is 0 Å². The maximum atomic E-state index is 11.9. The van der Waals surface area contributed by atoms with Crippen LogP contribution >= 0.6 is 0 Å². The smallest absolute Gasteiger partial charge is 0.407 e. The molecule has 3 N–H and O–H groups in total. The minimum Gasteiger partial charge on any atom is -0.461 e. The van der Waals surface area contributed by atoms with Gasteiger partial charge in [-0.05, 0) is 34.6 Å². The summed E-state index contributed by atoms with van der Waals surface area (Å²) in [5.41, 5.74) is 0.558. The lowest BCUT2D eigenvalue weighted by atomic mass is 10.2. The Labute approximate surface area is 251 Å². The molecule has 0 saturated carbocycles. The summed E-state index contributed by atoms with van der Waals surface area (Å²) in [6.07, 6.45) is 2.13. The van der Waals surface area contributed by atoms with Gasteiger partial charge in [-0.1, -0.05) is 18.7 Å². The van der Waals surface area contributed by atoms with Gasteiger partial charge in [0.1, 0.15) is 32.5 Å². The molecule has 0 heterocycles. The molecule has 0 aliphatic rings. The highest BCUT2D eigenvalue weighted by molar-refractivity contribution is 5.87. The van der Waals surface area contributed by atoms with Crippen LogP contribution in [-0.4, -0.2) is 94.5 Å². The average molecular weight is 614 g/mol. The fraction of sp³-hybridized carbons (Fsp3) is 0.571. The Morgan fingerprint density at radius 3 is 1.95 bits per heavy atom. The molecule has 15 nitrogen and oxygen atoms in total. The van der Waals surface area contributed by atoms with Gasteiger partial charge in [0, 0.05) is 36.1 Å². The lowest BCUT2D eigenvalue weighted by Gasteiger charge is -2.12. The molecule has 15 heteroatoms. The normalized spacial score (nSPS) is 11.6. The first kappa shape index (κ1) is 38.4. The molecule has 1 atom stereocenters. The predicted molar refractivity (Wildman–Crippen MR) is 153 cm³/mol. The summed E-state index contributed by atoms with van der Waals surface area (Å²) in [6.45, 7) is 11.5. The molecule has 0 aliphatic heterocycles. The van der Waals surface area contributed by atoms with Gasteiger partial charge in [-0.25, -0.2) is 28.8 Å². The van der Waals surface area contributed by atoms with Gasteiger partial charge in [-0.15, -0.1) is 0 Å². The molecule has 1 unspecified atom stereocenters. The molecule has 0 aliphatic carbocycles. The van der Waals surface area contributed by atoms with Gasteiger partial charge in [0.15, 0.2) is 0 Å². The second-order valence-corrected chi connectivity index (χ2v) is 9.17. The SMILES string of the molecule is C=C(C)C(=O)OCCNC(=O)OC(C)C/C=C/C(=O)OCCNC(=O)OCC/C=C(\C)C(=O)OCCOC(=O)NC(C)C. The van der Waals surface area contributed by atoms with Crippen LogP contribution in [0.4, 0.5) is 14.4 Å². The Morgan fingerprint density at radius 1 is 0.721 bits per heavy atom. The molecule has 0 aromatic rings. The maximum absolute atomic E-state index is 11.9. The van der Waals surface area contributed by atoms with E-state index in [4.69, 9.17) is 28.4 Å². The molecule has 0 aromatic heterocycles. The summed E-state index contributed by atoms with van der Waals surface area (Å²) < 4.78 is 29.7. The van der Waals surface area contributed by atoms with E-state index in [9.17, 15) is 28.8 Å². The predicted octanol–water partition coefficient (Wildman–Crippen LogP) is 2.45. The number of carbonyl (C=O) groups excluding carboxylic acids is 6. The van der Waals surface area contributed by atoms with Crippen LogP contribution in [0.2, 0.25) is 0 Å². The topological polar surface area (TPSA) is 194 Å². The quantitative estimate of drug-likeness (QED) is 0.0835. The van der Waals surface area contributed by atoms with E-state index in [-0.39, 0.29) is 70.6 Å². The summed E-state index contributed by atoms with van der Waals surface area (Å²) in [5, 5.41) is 7.38. The van der Waals surface area contributed by atoms with Gasteiger partial charge in [0.25, 0.3) is 0 Å². The largest absolute Gasteiger partial charge is 0.461 e. The summed E-state index contributed by atoms with van der Waals surface area (Å²) >= 11 is 0. The Kier molecular flexibility index (Phi) is 20.6. The number of alkyl carbamates (subject to hydrolysis) is 3. The zero-order valence-corrected chi connectivity index (χ0v) is 25.4. The minimum atomic E-state index is -0.727. The van der Waals surface area contributed by atoms with Gasteiger partial charge in [-0.3, -0.25) is 0 Å². The first-order valence-electron chi connectivity index (χ1n) is 13.6. The van der Waals surface area contributed by atoms with Crippen LogP contribution in [-0.2, 0) is 42.8 Å². The highest BCUT2D eigenvalue weighted by Crippen LogP contribution is 2.01. The molecule has 0 rings (SSSR count). The van der Waals surface area contributed by atoms with E-state index in [0.29, 0.717) is 5.57 Å². The molecule has 0 saturated heterocycles. The number of carbonyl (C=O) groups is 6.